The van der Waals surface area contributed by atoms with Gasteiger partial charge in [-0.1, -0.05) is 18.0 Å². The molecule has 0 bridgehead atoms. The summed E-state index contributed by atoms with van der Waals surface area (Å²) in [4.78, 5) is 6.70. The zero-order valence-electron chi connectivity index (χ0n) is 11.3. The van der Waals surface area contributed by atoms with E-state index in [-0.39, 0.29) is 0 Å². The molecule has 3 nitrogen and oxygen atoms in total. The molecule has 0 aromatic carbocycles. The smallest absolute Gasteiger partial charge is 0.129 e. The lowest BCUT2D eigenvalue weighted by Gasteiger charge is -2.39. The van der Waals surface area contributed by atoms with E-state index < -0.39 is 0 Å². The average molecular weight is 280 g/mol. The van der Waals surface area contributed by atoms with Crippen LogP contribution in [0.5, 0.6) is 0 Å². The third-order valence-corrected chi connectivity index (χ3v) is 4.61. The summed E-state index contributed by atoms with van der Waals surface area (Å²) in [5.41, 5.74) is 1.28. The first-order chi connectivity index (χ1) is 9.33. The number of nitrogens with zero attached hydrogens (tertiary/aromatic N) is 2. The summed E-state index contributed by atoms with van der Waals surface area (Å²) in [6, 6.07) is 5.47. The van der Waals surface area contributed by atoms with Crippen LogP contribution in [0.3, 0.4) is 0 Å². The van der Waals surface area contributed by atoms with Gasteiger partial charge in [-0.05, 0) is 56.5 Å². The topological polar surface area (TPSA) is 28.2 Å². The second-order valence-corrected chi connectivity index (χ2v) is 6.11. The second kappa shape index (κ2) is 6.21. The van der Waals surface area contributed by atoms with E-state index >= 15 is 0 Å². The summed E-state index contributed by atoms with van der Waals surface area (Å²) in [7, 11) is 0. The summed E-state index contributed by atoms with van der Waals surface area (Å²) in [5, 5.41) is 4.28. The van der Waals surface area contributed by atoms with Crippen LogP contribution in [-0.2, 0) is 6.54 Å². The van der Waals surface area contributed by atoms with Crippen molar-refractivity contribution >= 4 is 11.6 Å². The predicted molar refractivity (Wildman–Crippen MR) is 78.3 cm³/mol. The maximum Gasteiger partial charge on any atom is 0.129 e. The van der Waals surface area contributed by atoms with E-state index in [9.17, 15) is 0 Å². The zero-order chi connectivity index (χ0) is 13.1. The Morgan fingerprint density at radius 3 is 3.05 bits per heavy atom. The van der Waals surface area contributed by atoms with E-state index in [1.165, 1.54) is 50.8 Å². The Hall–Kier alpha value is -0.640. The van der Waals surface area contributed by atoms with E-state index in [4.69, 9.17) is 11.6 Å². The van der Waals surface area contributed by atoms with Crippen molar-refractivity contribution in [3.63, 3.8) is 0 Å². The molecule has 2 fully saturated rings. The summed E-state index contributed by atoms with van der Waals surface area (Å²) < 4.78 is 0. The van der Waals surface area contributed by atoms with Gasteiger partial charge in [0.2, 0.25) is 0 Å². The largest absolute Gasteiger partial charge is 0.312 e. The number of piperidine rings is 1. The number of likely N-dealkylation sites (tertiary alicyclic amines) is 1. The molecule has 2 unspecified atom stereocenters. The molecule has 0 spiro atoms. The van der Waals surface area contributed by atoms with Crippen molar-refractivity contribution in [2.75, 3.05) is 13.1 Å². The van der Waals surface area contributed by atoms with Gasteiger partial charge < -0.3 is 5.32 Å². The molecule has 104 valence electrons. The fraction of sp³-hybridized carbons (Fsp3) is 0.667. The first-order valence-electron chi connectivity index (χ1n) is 7.41. The van der Waals surface area contributed by atoms with Gasteiger partial charge in [0.25, 0.3) is 0 Å². The Balaban J connectivity index is 1.69. The molecule has 0 saturated carbocycles. The van der Waals surface area contributed by atoms with E-state index in [1.807, 2.05) is 12.3 Å². The van der Waals surface area contributed by atoms with Crippen LogP contribution in [0, 0.1) is 0 Å². The minimum absolute atomic E-state index is 0.602. The average Bonchev–Trinajstić information content (AvgIpc) is 2.93. The normalized spacial score (nSPS) is 28.7. The van der Waals surface area contributed by atoms with Gasteiger partial charge >= 0.3 is 0 Å². The molecule has 19 heavy (non-hydrogen) atoms. The third kappa shape index (κ3) is 3.28. The molecule has 3 rings (SSSR count). The first kappa shape index (κ1) is 13.3. The molecule has 4 heteroatoms. The molecule has 2 atom stereocenters. The van der Waals surface area contributed by atoms with Crippen LogP contribution in [0.15, 0.2) is 18.3 Å². The van der Waals surface area contributed by atoms with Crippen molar-refractivity contribution < 1.29 is 0 Å². The summed E-state index contributed by atoms with van der Waals surface area (Å²) >= 11 is 5.98. The Bertz CT molecular complexity index is 418. The lowest BCUT2D eigenvalue weighted by Crippen LogP contribution is -2.49. The molecule has 1 aromatic rings. The minimum Gasteiger partial charge on any atom is -0.312 e. The zero-order valence-corrected chi connectivity index (χ0v) is 12.1. The number of aromatic nitrogens is 1. The molecule has 2 aliphatic heterocycles. The number of hydrogen-bond acceptors (Lipinski definition) is 3. The van der Waals surface area contributed by atoms with Crippen molar-refractivity contribution in [2.45, 2.75) is 50.7 Å². The van der Waals surface area contributed by atoms with Gasteiger partial charge in [-0.25, -0.2) is 4.98 Å². The van der Waals surface area contributed by atoms with Crippen molar-refractivity contribution in [1.29, 1.82) is 0 Å². The highest BCUT2D eigenvalue weighted by Gasteiger charge is 2.31. The molecule has 3 heterocycles. The molecule has 0 radical (unpaired) electrons. The van der Waals surface area contributed by atoms with E-state index in [0.29, 0.717) is 17.2 Å². The van der Waals surface area contributed by atoms with Gasteiger partial charge in [-0.15, -0.1) is 0 Å². The van der Waals surface area contributed by atoms with Gasteiger partial charge in [0.15, 0.2) is 0 Å². The fourth-order valence-electron chi connectivity index (χ4n) is 3.48. The van der Waals surface area contributed by atoms with Crippen molar-refractivity contribution in [2.24, 2.45) is 0 Å². The Morgan fingerprint density at radius 1 is 1.32 bits per heavy atom. The standard InChI is InChI=1S/C15H22ClN3/c16-15-10-12(6-8-18-15)11-19-9-2-1-5-14(19)13-4-3-7-17-13/h6,8,10,13-14,17H,1-5,7,9,11H2. The fourth-order valence-corrected chi connectivity index (χ4v) is 3.68. The monoisotopic (exact) mass is 279 g/mol. The molecule has 1 aromatic heterocycles. The molecule has 1 N–H and O–H groups in total. The maximum absolute atomic E-state index is 5.98. The minimum atomic E-state index is 0.602. The molecule has 0 aliphatic carbocycles. The number of nitrogens with one attached hydrogen (secondary N) is 1. The van der Waals surface area contributed by atoms with Gasteiger partial charge in [0.1, 0.15) is 5.15 Å². The lowest BCUT2D eigenvalue weighted by molar-refractivity contribution is 0.112. The quantitative estimate of drug-likeness (QED) is 0.863. The summed E-state index contributed by atoms with van der Waals surface area (Å²) in [5.74, 6) is 0. The van der Waals surface area contributed by atoms with Crippen LogP contribution in [0.25, 0.3) is 0 Å². The van der Waals surface area contributed by atoms with E-state index in [1.54, 1.807) is 0 Å². The number of rotatable bonds is 3. The van der Waals surface area contributed by atoms with E-state index in [0.717, 1.165) is 6.54 Å². The summed E-state index contributed by atoms with van der Waals surface area (Å²) in [6.07, 6.45) is 8.49. The highest BCUT2D eigenvalue weighted by atomic mass is 35.5. The van der Waals surface area contributed by atoms with Crippen LogP contribution >= 0.6 is 11.6 Å². The Kier molecular flexibility index (Phi) is 4.36. The van der Waals surface area contributed by atoms with Crippen LogP contribution in [0.4, 0.5) is 0 Å². The van der Waals surface area contributed by atoms with Crippen LogP contribution < -0.4 is 5.32 Å². The van der Waals surface area contributed by atoms with Crippen molar-refractivity contribution in [3.05, 3.63) is 29.0 Å². The number of hydrogen-bond donors (Lipinski definition) is 1. The highest BCUT2D eigenvalue weighted by Crippen LogP contribution is 2.26. The Labute approximate surface area is 120 Å². The number of halogens is 1. The second-order valence-electron chi connectivity index (χ2n) is 5.72. The number of pyridine rings is 1. The van der Waals surface area contributed by atoms with Gasteiger partial charge in [-0.3, -0.25) is 4.90 Å². The first-order valence-corrected chi connectivity index (χ1v) is 7.78. The molecule has 0 amide bonds. The van der Waals surface area contributed by atoms with Gasteiger partial charge in [-0.2, -0.15) is 0 Å². The Morgan fingerprint density at radius 2 is 2.26 bits per heavy atom. The van der Waals surface area contributed by atoms with Gasteiger partial charge in [0.05, 0.1) is 0 Å². The maximum atomic E-state index is 5.98. The lowest BCUT2D eigenvalue weighted by atomic mass is 9.94. The molecular weight excluding hydrogens is 258 g/mol. The molecular formula is C15H22ClN3. The highest BCUT2D eigenvalue weighted by molar-refractivity contribution is 6.29. The predicted octanol–water partition coefficient (Wildman–Crippen LogP) is 2.84. The van der Waals surface area contributed by atoms with Gasteiger partial charge in [0, 0.05) is 24.8 Å². The molecule has 2 saturated heterocycles. The molecule has 2 aliphatic rings. The third-order valence-electron chi connectivity index (χ3n) is 4.40. The van der Waals surface area contributed by atoms with Crippen LogP contribution in [0.1, 0.15) is 37.7 Å². The van der Waals surface area contributed by atoms with Crippen molar-refractivity contribution in [1.82, 2.24) is 15.2 Å². The van der Waals surface area contributed by atoms with E-state index in [2.05, 4.69) is 21.3 Å². The van der Waals surface area contributed by atoms with Crippen LogP contribution in [-0.4, -0.2) is 35.1 Å². The van der Waals surface area contributed by atoms with Crippen molar-refractivity contribution in [3.8, 4) is 0 Å². The van der Waals surface area contributed by atoms with Crippen LogP contribution in [0.2, 0.25) is 5.15 Å². The summed E-state index contributed by atoms with van der Waals surface area (Å²) in [6.45, 7) is 3.41. The SMILES string of the molecule is Clc1cc(CN2CCCCC2C2CCCN2)ccn1.